The Morgan fingerprint density at radius 3 is 2.47 bits per heavy atom. The molecule has 0 amide bonds. The molecule has 0 radical (unpaired) electrons. The molecule has 5 nitrogen and oxygen atoms in total. The van der Waals surface area contributed by atoms with E-state index in [0.717, 1.165) is 39.4 Å². The largest absolute Gasteiger partial charge is 0.379 e. The fourth-order valence-corrected chi connectivity index (χ4v) is 2.54. The lowest BCUT2D eigenvalue weighted by molar-refractivity contribution is 0.0385. The van der Waals surface area contributed by atoms with Gasteiger partial charge in [-0.05, 0) is 13.8 Å². The van der Waals surface area contributed by atoms with E-state index in [0.29, 0.717) is 6.54 Å². The summed E-state index contributed by atoms with van der Waals surface area (Å²) in [5, 5.41) is 2.91. The minimum Gasteiger partial charge on any atom is -0.379 e. The first-order valence-corrected chi connectivity index (χ1v) is 7.96. The van der Waals surface area contributed by atoms with Gasteiger partial charge in [0.05, 0.1) is 24.2 Å². The molecule has 0 saturated carbocycles. The predicted molar refractivity (Wildman–Crippen MR) is 69.1 cm³/mol. The summed E-state index contributed by atoms with van der Waals surface area (Å²) < 4.78 is 28.3. The second-order valence-electron chi connectivity index (χ2n) is 4.62. The molecule has 1 aliphatic rings. The second kappa shape index (κ2) is 7.31. The monoisotopic (exact) mass is 264 g/mol. The predicted octanol–water partition coefficient (Wildman–Crippen LogP) is -0.269. The maximum atomic E-state index is 11.5. The van der Waals surface area contributed by atoms with Gasteiger partial charge in [0, 0.05) is 32.7 Å². The normalized spacial score (nSPS) is 18.8. The van der Waals surface area contributed by atoms with Crippen LogP contribution >= 0.6 is 0 Å². The van der Waals surface area contributed by atoms with Crippen molar-refractivity contribution in [3.63, 3.8) is 0 Å². The van der Waals surface area contributed by atoms with Gasteiger partial charge in [-0.3, -0.25) is 4.90 Å². The molecule has 0 aliphatic carbocycles. The molecule has 0 aromatic rings. The summed E-state index contributed by atoms with van der Waals surface area (Å²) in [4.78, 5) is 2.33. The number of hydrogen-bond donors (Lipinski definition) is 1. The first-order valence-electron chi connectivity index (χ1n) is 6.25. The summed E-state index contributed by atoms with van der Waals surface area (Å²) in [6.07, 6.45) is 0. The lowest BCUT2D eigenvalue weighted by atomic mass is 10.4. The van der Waals surface area contributed by atoms with Crippen molar-refractivity contribution >= 4 is 9.84 Å². The van der Waals surface area contributed by atoms with Crippen LogP contribution in [0, 0.1) is 0 Å². The first kappa shape index (κ1) is 14.9. The fourth-order valence-electron chi connectivity index (χ4n) is 1.64. The topological polar surface area (TPSA) is 58.6 Å². The van der Waals surface area contributed by atoms with Crippen molar-refractivity contribution < 1.29 is 13.2 Å². The number of hydrogen-bond acceptors (Lipinski definition) is 5. The van der Waals surface area contributed by atoms with Gasteiger partial charge in [0.25, 0.3) is 0 Å². The lowest BCUT2D eigenvalue weighted by Gasteiger charge is -2.26. The van der Waals surface area contributed by atoms with Gasteiger partial charge >= 0.3 is 0 Å². The van der Waals surface area contributed by atoms with Crippen LogP contribution in [0.2, 0.25) is 0 Å². The second-order valence-corrected chi connectivity index (χ2v) is 7.30. The van der Waals surface area contributed by atoms with Crippen LogP contribution in [-0.2, 0) is 14.6 Å². The molecule has 1 N–H and O–H groups in total. The zero-order chi connectivity index (χ0) is 12.7. The zero-order valence-electron chi connectivity index (χ0n) is 10.8. The molecule has 1 fully saturated rings. The summed E-state index contributed by atoms with van der Waals surface area (Å²) >= 11 is 0. The van der Waals surface area contributed by atoms with Gasteiger partial charge in [-0.2, -0.15) is 0 Å². The maximum absolute atomic E-state index is 11.5. The van der Waals surface area contributed by atoms with Gasteiger partial charge in [0.1, 0.15) is 0 Å². The van der Waals surface area contributed by atoms with Crippen molar-refractivity contribution in [1.29, 1.82) is 0 Å². The third kappa shape index (κ3) is 5.81. The minimum atomic E-state index is -2.90. The van der Waals surface area contributed by atoms with E-state index >= 15 is 0 Å². The number of nitrogens with one attached hydrogen (secondary N) is 1. The third-order valence-electron chi connectivity index (χ3n) is 2.99. The van der Waals surface area contributed by atoms with Crippen LogP contribution in [0.15, 0.2) is 0 Å². The van der Waals surface area contributed by atoms with Gasteiger partial charge in [-0.15, -0.1) is 0 Å². The molecule has 0 bridgehead atoms. The van der Waals surface area contributed by atoms with Crippen molar-refractivity contribution in [2.45, 2.75) is 19.1 Å². The van der Waals surface area contributed by atoms with Crippen LogP contribution in [-0.4, -0.2) is 70.3 Å². The van der Waals surface area contributed by atoms with Crippen molar-refractivity contribution in [1.82, 2.24) is 10.2 Å². The molecule has 0 spiro atoms. The molecule has 17 heavy (non-hydrogen) atoms. The zero-order valence-corrected chi connectivity index (χ0v) is 11.6. The van der Waals surface area contributed by atoms with Gasteiger partial charge in [-0.25, -0.2) is 8.42 Å². The molecule has 0 atom stereocenters. The van der Waals surface area contributed by atoms with Gasteiger partial charge in [0.2, 0.25) is 0 Å². The summed E-state index contributed by atoms with van der Waals surface area (Å²) in [6.45, 7) is 9.37. The van der Waals surface area contributed by atoms with Crippen LogP contribution in [0.5, 0.6) is 0 Å². The van der Waals surface area contributed by atoms with Crippen LogP contribution < -0.4 is 5.32 Å². The van der Waals surface area contributed by atoms with E-state index in [-0.39, 0.29) is 11.0 Å². The highest BCUT2D eigenvalue weighted by Gasteiger charge is 2.15. The van der Waals surface area contributed by atoms with Crippen LogP contribution in [0.3, 0.4) is 0 Å². The number of sulfone groups is 1. The molecule has 1 aliphatic heterocycles. The summed E-state index contributed by atoms with van der Waals surface area (Å²) in [6, 6.07) is 0. The molecule has 6 heteroatoms. The quantitative estimate of drug-likeness (QED) is 0.642. The maximum Gasteiger partial charge on any atom is 0.153 e. The van der Waals surface area contributed by atoms with E-state index in [9.17, 15) is 8.42 Å². The summed E-state index contributed by atoms with van der Waals surface area (Å²) in [5.41, 5.74) is 0. The molecule has 1 rings (SSSR count). The van der Waals surface area contributed by atoms with Gasteiger partial charge in [0.15, 0.2) is 9.84 Å². The Hall–Kier alpha value is -0.170. The highest BCUT2D eigenvalue weighted by molar-refractivity contribution is 7.92. The van der Waals surface area contributed by atoms with Crippen molar-refractivity contribution in [2.75, 3.05) is 51.7 Å². The van der Waals surface area contributed by atoms with Crippen molar-refractivity contribution in [3.05, 3.63) is 0 Å². The molecule has 0 aromatic carbocycles. The van der Waals surface area contributed by atoms with Crippen LogP contribution in [0.25, 0.3) is 0 Å². The molecule has 1 heterocycles. The number of morpholine rings is 1. The fraction of sp³-hybridized carbons (Fsp3) is 1.00. The van der Waals surface area contributed by atoms with E-state index in [4.69, 9.17) is 4.74 Å². The average Bonchev–Trinajstić information content (AvgIpc) is 2.29. The average molecular weight is 264 g/mol. The lowest BCUT2D eigenvalue weighted by Crippen LogP contribution is -2.41. The summed E-state index contributed by atoms with van der Waals surface area (Å²) in [7, 11) is -2.90. The van der Waals surface area contributed by atoms with E-state index in [1.54, 1.807) is 13.8 Å². The van der Waals surface area contributed by atoms with E-state index in [1.165, 1.54) is 0 Å². The Morgan fingerprint density at radius 1 is 1.24 bits per heavy atom. The van der Waals surface area contributed by atoms with E-state index in [2.05, 4.69) is 10.2 Å². The highest BCUT2D eigenvalue weighted by atomic mass is 32.2. The Kier molecular flexibility index (Phi) is 6.40. The highest BCUT2D eigenvalue weighted by Crippen LogP contribution is 1.99. The Bertz CT molecular complexity index is 298. The van der Waals surface area contributed by atoms with Crippen LogP contribution in [0.1, 0.15) is 13.8 Å². The Morgan fingerprint density at radius 2 is 1.88 bits per heavy atom. The number of nitrogens with zero attached hydrogens (tertiary/aromatic N) is 1. The molecule has 0 aromatic heterocycles. The van der Waals surface area contributed by atoms with E-state index in [1.807, 2.05) is 0 Å². The SMILES string of the molecule is CC(C)S(=O)(=O)CCNCCN1CCOCC1. The Labute approximate surface area is 104 Å². The van der Waals surface area contributed by atoms with Crippen LogP contribution in [0.4, 0.5) is 0 Å². The first-order chi connectivity index (χ1) is 8.02. The van der Waals surface area contributed by atoms with Gasteiger partial charge < -0.3 is 10.1 Å². The smallest absolute Gasteiger partial charge is 0.153 e. The molecule has 0 unspecified atom stereocenters. The number of rotatable bonds is 7. The Balaban J connectivity index is 2.04. The molecular weight excluding hydrogens is 240 g/mol. The van der Waals surface area contributed by atoms with Crippen molar-refractivity contribution in [3.8, 4) is 0 Å². The molecule has 1 saturated heterocycles. The van der Waals surface area contributed by atoms with Crippen molar-refractivity contribution in [2.24, 2.45) is 0 Å². The molecule has 102 valence electrons. The van der Waals surface area contributed by atoms with E-state index < -0.39 is 9.84 Å². The standard InChI is InChI=1S/C11H24N2O3S/c1-11(2)17(14,15)10-4-12-3-5-13-6-8-16-9-7-13/h11-12H,3-10H2,1-2H3. The van der Waals surface area contributed by atoms with Gasteiger partial charge in [-0.1, -0.05) is 0 Å². The summed E-state index contributed by atoms with van der Waals surface area (Å²) in [5.74, 6) is 0.230. The minimum absolute atomic E-state index is 0.230. The third-order valence-corrected chi connectivity index (χ3v) is 5.20. The number of ether oxygens (including phenoxy) is 1. The molecular formula is C11H24N2O3S.